The molecule has 2 rings (SSSR count). The first-order valence-electron chi connectivity index (χ1n) is 5.46. The number of hydrogen-bond donors (Lipinski definition) is 1. The fourth-order valence-corrected chi connectivity index (χ4v) is 1.60. The second-order valence-corrected chi connectivity index (χ2v) is 4.15. The molecule has 0 unspecified atom stereocenters. The Kier molecular flexibility index (Phi) is 3.27. The summed E-state index contributed by atoms with van der Waals surface area (Å²) in [5.74, 6) is 0.969. The first kappa shape index (κ1) is 10.5. The molecule has 2 N–H and O–H groups in total. The van der Waals surface area contributed by atoms with E-state index >= 15 is 0 Å². The van der Waals surface area contributed by atoms with Crippen LogP contribution in [-0.2, 0) is 6.54 Å². The van der Waals surface area contributed by atoms with Gasteiger partial charge in [0.05, 0.1) is 12.6 Å². The van der Waals surface area contributed by atoms with Crippen LogP contribution in [-0.4, -0.2) is 45.2 Å². The molecule has 1 fully saturated rings. The Balaban J connectivity index is 1.88. The molecule has 1 heterocycles. The van der Waals surface area contributed by atoms with Crippen molar-refractivity contribution >= 4 is 0 Å². The molecule has 1 aromatic heterocycles. The van der Waals surface area contributed by atoms with E-state index < -0.39 is 0 Å². The first-order chi connectivity index (χ1) is 7.31. The van der Waals surface area contributed by atoms with Crippen LogP contribution >= 0.6 is 0 Å². The molecule has 0 bridgehead atoms. The summed E-state index contributed by atoms with van der Waals surface area (Å²) in [7, 11) is 2.07. The molecule has 0 saturated heterocycles. The number of hydrogen-bond acceptors (Lipinski definition) is 5. The van der Waals surface area contributed by atoms with Crippen LogP contribution in [0.1, 0.15) is 31.1 Å². The Hall–Kier alpha value is -1.01. The predicted molar refractivity (Wildman–Crippen MR) is 56.1 cm³/mol. The van der Waals surface area contributed by atoms with Crippen LogP contribution in [0.2, 0.25) is 0 Å². The van der Waals surface area contributed by atoms with Gasteiger partial charge in [-0.1, -0.05) is 0 Å². The molecule has 84 valence electrons. The molecule has 1 aromatic rings. The Morgan fingerprint density at radius 2 is 2.33 bits per heavy atom. The Morgan fingerprint density at radius 1 is 1.53 bits per heavy atom. The van der Waals surface area contributed by atoms with Crippen LogP contribution in [0.4, 0.5) is 0 Å². The quantitative estimate of drug-likeness (QED) is 0.703. The second kappa shape index (κ2) is 4.67. The number of nitrogens with zero attached hydrogens (tertiary/aromatic N) is 5. The van der Waals surface area contributed by atoms with Crippen molar-refractivity contribution in [2.45, 2.75) is 31.8 Å². The van der Waals surface area contributed by atoms with Gasteiger partial charge in [-0.2, -0.15) is 0 Å². The molecule has 0 amide bonds. The number of nitrogens with two attached hydrogens (primary N) is 1. The largest absolute Gasteiger partial charge is 0.330 e. The normalized spacial score (nSPS) is 16.2. The molecular formula is C9H18N6. The zero-order chi connectivity index (χ0) is 10.7. The van der Waals surface area contributed by atoms with Gasteiger partial charge in [0, 0.05) is 0 Å². The zero-order valence-electron chi connectivity index (χ0n) is 9.13. The summed E-state index contributed by atoms with van der Waals surface area (Å²) in [6.45, 7) is 2.54. The van der Waals surface area contributed by atoms with Crippen LogP contribution in [0.15, 0.2) is 0 Å². The van der Waals surface area contributed by atoms with Gasteiger partial charge in [0.25, 0.3) is 0 Å². The third-order valence-corrected chi connectivity index (χ3v) is 2.61. The van der Waals surface area contributed by atoms with E-state index in [9.17, 15) is 0 Å². The van der Waals surface area contributed by atoms with E-state index in [1.807, 2.05) is 4.68 Å². The average Bonchev–Trinajstić information content (AvgIpc) is 2.97. The van der Waals surface area contributed by atoms with Crippen LogP contribution in [0, 0.1) is 0 Å². The first-order valence-corrected chi connectivity index (χ1v) is 5.46. The van der Waals surface area contributed by atoms with Gasteiger partial charge in [-0.15, -0.1) is 5.10 Å². The summed E-state index contributed by atoms with van der Waals surface area (Å²) < 4.78 is 1.96. The Labute approximate surface area is 89.4 Å². The molecule has 15 heavy (non-hydrogen) atoms. The Bertz CT molecular complexity index is 305. The summed E-state index contributed by atoms with van der Waals surface area (Å²) >= 11 is 0. The zero-order valence-corrected chi connectivity index (χ0v) is 9.13. The summed E-state index contributed by atoms with van der Waals surface area (Å²) in [6.07, 6.45) is 3.44. The topological polar surface area (TPSA) is 72.9 Å². The highest BCUT2D eigenvalue weighted by molar-refractivity contribution is 4.89. The minimum atomic E-state index is 0.554. The van der Waals surface area contributed by atoms with Crippen molar-refractivity contribution in [1.29, 1.82) is 0 Å². The highest BCUT2D eigenvalue weighted by atomic mass is 15.6. The predicted octanol–water partition coefficient (Wildman–Crippen LogP) is -0.211. The maximum absolute atomic E-state index is 5.47. The average molecular weight is 210 g/mol. The van der Waals surface area contributed by atoms with Gasteiger partial charge in [-0.05, 0) is 49.8 Å². The number of aromatic nitrogens is 4. The van der Waals surface area contributed by atoms with E-state index in [2.05, 4.69) is 27.5 Å². The molecule has 6 nitrogen and oxygen atoms in total. The molecule has 6 heteroatoms. The summed E-state index contributed by atoms with van der Waals surface area (Å²) in [5, 5.41) is 11.8. The lowest BCUT2D eigenvalue weighted by Gasteiger charge is -2.14. The lowest BCUT2D eigenvalue weighted by Crippen LogP contribution is -2.23. The number of rotatable bonds is 6. The third kappa shape index (κ3) is 2.73. The van der Waals surface area contributed by atoms with Gasteiger partial charge < -0.3 is 5.73 Å². The number of tetrazole rings is 1. The van der Waals surface area contributed by atoms with Crippen molar-refractivity contribution in [2.75, 3.05) is 20.1 Å². The molecule has 1 saturated carbocycles. The Morgan fingerprint density at radius 3 is 3.00 bits per heavy atom. The monoisotopic (exact) mass is 210 g/mol. The standard InChI is InChI=1S/C9H18N6/c1-14(6-2-5-10)7-9-11-12-13-15(9)8-3-4-8/h8H,2-7,10H2,1H3. The van der Waals surface area contributed by atoms with E-state index in [1.54, 1.807) is 0 Å². The van der Waals surface area contributed by atoms with Crippen LogP contribution in [0.25, 0.3) is 0 Å². The fraction of sp³-hybridized carbons (Fsp3) is 0.889. The van der Waals surface area contributed by atoms with E-state index in [0.29, 0.717) is 6.04 Å². The van der Waals surface area contributed by atoms with Gasteiger partial charge in [0.2, 0.25) is 0 Å². The van der Waals surface area contributed by atoms with Crippen LogP contribution in [0.5, 0.6) is 0 Å². The highest BCUT2D eigenvalue weighted by Crippen LogP contribution is 2.34. The van der Waals surface area contributed by atoms with Crippen LogP contribution < -0.4 is 5.73 Å². The molecule has 0 spiro atoms. The van der Waals surface area contributed by atoms with Crippen LogP contribution in [0.3, 0.4) is 0 Å². The van der Waals surface area contributed by atoms with Gasteiger partial charge in [0.1, 0.15) is 0 Å². The molecular weight excluding hydrogens is 192 g/mol. The van der Waals surface area contributed by atoms with Crippen molar-refractivity contribution in [3.63, 3.8) is 0 Å². The SMILES string of the molecule is CN(CCCN)Cc1nnnn1C1CC1. The van der Waals surface area contributed by atoms with Crippen molar-refractivity contribution in [3.05, 3.63) is 5.82 Å². The molecule has 0 radical (unpaired) electrons. The lowest BCUT2D eigenvalue weighted by molar-refractivity contribution is 0.308. The van der Waals surface area contributed by atoms with E-state index in [0.717, 1.165) is 31.9 Å². The van der Waals surface area contributed by atoms with Gasteiger partial charge in [0.15, 0.2) is 5.82 Å². The fourth-order valence-electron chi connectivity index (χ4n) is 1.60. The highest BCUT2D eigenvalue weighted by Gasteiger charge is 2.27. The van der Waals surface area contributed by atoms with Crippen molar-refractivity contribution in [2.24, 2.45) is 5.73 Å². The lowest BCUT2D eigenvalue weighted by atomic mass is 10.4. The maximum Gasteiger partial charge on any atom is 0.165 e. The summed E-state index contributed by atoms with van der Waals surface area (Å²) in [6, 6.07) is 0.554. The maximum atomic E-state index is 5.47. The van der Waals surface area contributed by atoms with E-state index in [1.165, 1.54) is 12.8 Å². The minimum absolute atomic E-state index is 0.554. The van der Waals surface area contributed by atoms with Crippen molar-refractivity contribution < 1.29 is 0 Å². The third-order valence-electron chi connectivity index (χ3n) is 2.61. The minimum Gasteiger partial charge on any atom is -0.330 e. The van der Waals surface area contributed by atoms with Gasteiger partial charge in [-0.3, -0.25) is 4.90 Å². The van der Waals surface area contributed by atoms with Crippen molar-refractivity contribution in [1.82, 2.24) is 25.1 Å². The van der Waals surface area contributed by atoms with Gasteiger partial charge >= 0.3 is 0 Å². The van der Waals surface area contributed by atoms with Crippen molar-refractivity contribution in [3.8, 4) is 0 Å². The summed E-state index contributed by atoms with van der Waals surface area (Å²) in [5.41, 5.74) is 5.47. The molecule has 0 aromatic carbocycles. The molecule has 0 aliphatic heterocycles. The molecule has 0 atom stereocenters. The second-order valence-electron chi connectivity index (χ2n) is 4.15. The van der Waals surface area contributed by atoms with E-state index in [4.69, 9.17) is 5.73 Å². The van der Waals surface area contributed by atoms with Gasteiger partial charge in [-0.25, -0.2) is 4.68 Å². The summed E-state index contributed by atoms with van der Waals surface area (Å²) in [4.78, 5) is 2.21. The van der Waals surface area contributed by atoms with E-state index in [-0.39, 0.29) is 0 Å². The smallest absolute Gasteiger partial charge is 0.165 e. The molecule has 1 aliphatic carbocycles. The molecule has 1 aliphatic rings.